The summed E-state index contributed by atoms with van der Waals surface area (Å²) in [5, 5.41) is 9.16. The molecule has 1 aromatic carbocycles. The Balaban J connectivity index is 1.69. The molecule has 1 aromatic heterocycles. The van der Waals surface area contributed by atoms with Crippen molar-refractivity contribution in [2.24, 2.45) is 0 Å². The van der Waals surface area contributed by atoms with E-state index in [-0.39, 0.29) is 5.91 Å². The SMILES string of the molecule is COc1ccc(-n2c(C)nnc2SCC(=O)N2CCCCCC2)cc1. The van der Waals surface area contributed by atoms with E-state index in [0.717, 1.165) is 48.3 Å². The average molecular weight is 360 g/mol. The number of ether oxygens (including phenoxy) is 1. The number of benzene rings is 1. The van der Waals surface area contributed by atoms with Crippen molar-refractivity contribution >= 4 is 17.7 Å². The molecule has 134 valence electrons. The summed E-state index contributed by atoms with van der Waals surface area (Å²) in [5.41, 5.74) is 0.966. The van der Waals surface area contributed by atoms with Gasteiger partial charge in [0, 0.05) is 18.8 Å². The Bertz CT molecular complexity index is 706. The number of thioether (sulfide) groups is 1. The van der Waals surface area contributed by atoms with Gasteiger partial charge in [-0.05, 0) is 44.0 Å². The highest BCUT2D eigenvalue weighted by Crippen LogP contribution is 2.24. The Labute approximate surface area is 152 Å². The lowest BCUT2D eigenvalue weighted by Crippen LogP contribution is -2.33. The maximum Gasteiger partial charge on any atom is 0.233 e. The van der Waals surface area contributed by atoms with Crippen molar-refractivity contribution < 1.29 is 9.53 Å². The zero-order valence-electron chi connectivity index (χ0n) is 14.8. The number of carbonyl (C=O) groups excluding carboxylic acids is 1. The third-order valence-electron chi connectivity index (χ3n) is 4.41. The van der Waals surface area contributed by atoms with Gasteiger partial charge in [0.05, 0.1) is 12.9 Å². The van der Waals surface area contributed by atoms with Crippen LogP contribution in [0.2, 0.25) is 0 Å². The van der Waals surface area contributed by atoms with E-state index in [2.05, 4.69) is 10.2 Å². The zero-order valence-corrected chi connectivity index (χ0v) is 15.6. The van der Waals surface area contributed by atoms with Crippen molar-refractivity contribution in [2.75, 3.05) is 26.0 Å². The third kappa shape index (κ3) is 4.34. The minimum absolute atomic E-state index is 0.189. The fourth-order valence-electron chi connectivity index (χ4n) is 3.00. The third-order valence-corrected chi connectivity index (χ3v) is 5.32. The first-order valence-corrected chi connectivity index (χ1v) is 9.64. The van der Waals surface area contributed by atoms with Crippen molar-refractivity contribution in [1.82, 2.24) is 19.7 Å². The van der Waals surface area contributed by atoms with Crippen LogP contribution in [0, 0.1) is 6.92 Å². The highest BCUT2D eigenvalue weighted by molar-refractivity contribution is 7.99. The van der Waals surface area contributed by atoms with E-state index in [1.54, 1.807) is 7.11 Å². The minimum atomic E-state index is 0.189. The number of aromatic nitrogens is 3. The van der Waals surface area contributed by atoms with Gasteiger partial charge in [0.25, 0.3) is 0 Å². The van der Waals surface area contributed by atoms with E-state index < -0.39 is 0 Å². The Hall–Kier alpha value is -2.02. The van der Waals surface area contributed by atoms with Crippen molar-refractivity contribution in [3.8, 4) is 11.4 Å². The lowest BCUT2D eigenvalue weighted by atomic mass is 10.2. The number of amides is 1. The molecule has 1 fully saturated rings. The molecule has 3 rings (SSSR count). The number of likely N-dealkylation sites (tertiary alicyclic amines) is 1. The molecule has 0 spiro atoms. The normalized spacial score (nSPS) is 15.0. The van der Waals surface area contributed by atoms with Crippen LogP contribution in [0.15, 0.2) is 29.4 Å². The first-order valence-electron chi connectivity index (χ1n) is 8.66. The van der Waals surface area contributed by atoms with Gasteiger partial charge in [0.15, 0.2) is 5.16 Å². The topological polar surface area (TPSA) is 60.2 Å². The summed E-state index contributed by atoms with van der Waals surface area (Å²) >= 11 is 1.45. The molecule has 0 unspecified atom stereocenters. The van der Waals surface area contributed by atoms with Crippen LogP contribution in [0.3, 0.4) is 0 Å². The Morgan fingerprint density at radius 3 is 2.44 bits per heavy atom. The van der Waals surface area contributed by atoms with Crippen LogP contribution >= 0.6 is 11.8 Å². The second-order valence-electron chi connectivity index (χ2n) is 6.15. The second-order valence-corrected chi connectivity index (χ2v) is 7.09. The van der Waals surface area contributed by atoms with E-state index >= 15 is 0 Å². The van der Waals surface area contributed by atoms with Crippen LogP contribution in [0.25, 0.3) is 5.69 Å². The lowest BCUT2D eigenvalue weighted by molar-refractivity contribution is -0.128. The fraction of sp³-hybridized carbons (Fsp3) is 0.500. The highest BCUT2D eigenvalue weighted by Gasteiger charge is 2.18. The largest absolute Gasteiger partial charge is 0.497 e. The number of nitrogens with zero attached hydrogens (tertiary/aromatic N) is 4. The molecule has 25 heavy (non-hydrogen) atoms. The number of aryl methyl sites for hydroxylation is 1. The van der Waals surface area contributed by atoms with Crippen LogP contribution in [0.1, 0.15) is 31.5 Å². The molecule has 1 saturated heterocycles. The molecule has 1 aliphatic heterocycles. The van der Waals surface area contributed by atoms with Crippen molar-refractivity contribution in [1.29, 1.82) is 0 Å². The van der Waals surface area contributed by atoms with E-state index in [0.29, 0.717) is 5.75 Å². The van der Waals surface area contributed by atoms with Crippen molar-refractivity contribution in [3.05, 3.63) is 30.1 Å². The van der Waals surface area contributed by atoms with Crippen LogP contribution < -0.4 is 4.74 Å². The average Bonchev–Trinajstić information content (AvgIpc) is 2.84. The number of hydrogen-bond acceptors (Lipinski definition) is 5. The minimum Gasteiger partial charge on any atom is -0.497 e. The van der Waals surface area contributed by atoms with Gasteiger partial charge < -0.3 is 9.64 Å². The van der Waals surface area contributed by atoms with Gasteiger partial charge in [-0.3, -0.25) is 9.36 Å². The summed E-state index contributed by atoms with van der Waals surface area (Å²) in [5.74, 6) is 2.19. The summed E-state index contributed by atoms with van der Waals surface area (Å²) in [4.78, 5) is 14.5. The Morgan fingerprint density at radius 2 is 1.80 bits per heavy atom. The first-order chi connectivity index (χ1) is 12.2. The smallest absolute Gasteiger partial charge is 0.233 e. The predicted molar refractivity (Wildman–Crippen MR) is 98.4 cm³/mol. The predicted octanol–water partition coefficient (Wildman–Crippen LogP) is 3.08. The zero-order chi connectivity index (χ0) is 17.6. The van der Waals surface area contributed by atoms with Gasteiger partial charge >= 0.3 is 0 Å². The highest BCUT2D eigenvalue weighted by atomic mass is 32.2. The number of methoxy groups -OCH3 is 1. The van der Waals surface area contributed by atoms with E-state index in [4.69, 9.17) is 4.74 Å². The molecule has 0 atom stereocenters. The second kappa shape index (κ2) is 8.38. The molecule has 0 radical (unpaired) electrons. The molecular formula is C18H24N4O2S. The van der Waals surface area contributed by atoms with Gasteiger partial charge in [-0.2, -0.15) is 0 Å². The maximum atomic E-state index is 12.5. The van der Waals surface area contributed by atoms with E-state index in [1.807, 2.05) is 40.7 Å². The maximum absolute atomic E-state index is 12.5. The van der Waals surface area contributed by atoms with Crippen LogP contribution in [-0.4, -0.2) is 51.5 Å². The molecule has 6 nitrogen and oxygen atoms in total. The molecule has 2 aromatic rings. The quantitative estimate of drug-likeness (QED) is 0.767. The number of carbonyl (C=O) groups is 1. The van der Waals surface area contributed by atoms with Gasteiger partial charge in [-0.1, -0.05) is 24.6 Å². The fourth-order valence-corrected chi connectivity index (χ4v) is 3.90. The number of rotatable bonds is 5. The summed E-state index contributed by atoms with van der Waals surface area (Å²) in [7, 11) is 1.65. The van der Waals surface area contributed by atoms with E-state index in [1.165, 1.54) is 24.6 Å². The van der Waals surface area contributed by atoms with Gasteiger partial charge in [-0.25, -0.2) is 0 Å². The van der Waals surface area contributed by atoms with Crippen LogP contribution in [0.4, 0.5) is 0 Å². The molecular weight excluding hydrogens is 336 g/mol. The summed E-state index contributed by atoms with van der Waals surface area (Å²) in [6, 6.07) is 7.75. The molecule has 0 saturated carbocycles. The molecule has 0 bridgehead atoms. The Kier molecular flexibility index (Phi) is 5.96. The van der Waals surface area contributed by atoms with Gasteiger partial charge in [0.1, 0.15) is 11.6 Å². The molecule has 0 N–H and O–H groups in total. The molecule has 2 heterocycles. The summed E-state index contributed by atoms with van der Waals surface area (Å²) < 4.78 is 7.18. The van der Waals surface area contributed by atoms with Crippen molar-refractivity contribution in [2.45, 2.75) is 37.8 Å². The first kappa shape index (κ1) is 17.8. The standard InChI is InChI=1S/C18H24N4O2S/c1-14-19-20-18(22(14)15-7-9-16(24-2)10-8-15)25-13-17(23)21-11-5-3-4-6-12-21/h7-10H,3-6,11-13H2,1-2H3. The monoisotopic (exact) mass is 360 g/mol. The summed E-state index contributed by atoms with van der Waals surface area (Å²) in [6.07, 6.45) is 4.67. The van der Waals surface area contributed by atoms with Gasteiger partial charge in [0.2, 0.25) is 5.91 Å². The summed E-state index contributed by atoms with van der Waals surface area (Å²) in [6.45, 7) is 3.67. The lowest BCUT2D eigenvalue weighted by Gasteiger charge is -2.19. The van der Waals surface area contributed by atoms with E-state index in [9.17, 15) is 4.79 Å². The molecule has 1 amide bonds. The molecule has 1 aliphatic rings. The molecule has 0 aliphatic carbocycles. The molecule has 7 heteroatoms. The van der Waals surface area contributed by atoms with Gasteiger partial charge in [-0.15, -0.1) is 10.2 Å². The van der Waals surface area contributed by atoms with Crippen LogP contribution in [0.5, 0.6) is 5.75 Å². The van der Waals surface area contributed by atoms with Crippen molar-refractivity contribution in [3.63, 3.8) is 0 Å². The Morgan fingerprint density at radius 1 is 1.12 bits per heavy atom. The van der Waals surface area contributed by atoms with Crippen LogP contribution in [-0.2, 0) is 4.79 Å². The number of hydrogen-bond donors (Lipinski definition) is 0.